The first-order valence-corrected chi connectivity index (χ1v) is 8.96. The molecule has 0 saturated carbocycles. The fourth-order valence-corrected chi connectivity index (χ4v) is 2.07. The van der Waals surface area contributed by atoms with Crippen LogP contribution in [-0.4, -0.2) is 70.3 Å². The van der Waals surface area contributed by atoms with Gasteiger partial charge in [0.25, 0.3) is 0 Å². The molecule has 0 aliphatic rings. The van der Waals surface area contributed by atoms with Crippen molar-refractivity contribution in [3.63, 3.8) is 0 Å². The predicted molar refractivity (Wildman–Crippen MR) is 107 cm³/mol. The summed E-state index contributed by atoms with van der Waals surface area (Å²) in [7, 11) is 13.3. The van der Waals surface area contributed by atoms with Gasteiger partial charge in [0.2, 0.25) is 0 Å². The van der Waals surface area contributed by atoms with Crippen molar-refractivity contribution in [2.75, 3.05) is 55.4 Å². The number of carboxylic acid groups (broad SMARTS) is 1. The van der Waals surface area contributed by atoms with E-state index in [0.29, 0.717) is 0 Å². The Kier molecular flexibility index (Phi) is 17.9. The fourth-order valence-electron chi connectivity index (χ4n) is 2.07. The summed E-state index contributed by atoms with van der Waals surface area (Å²) in [6, 6.07) is 9.19. The van der Waals surface area contributed by atoms with Crippen molar-refractivity contribution < 1.29 is 31.3 Å². The van der Waals surface area contributed by atoms with Gasteiger partial charge in [-0.3, -0.25) is 0 Å². The number of quaternary nitrogens is 2. The zero-order valence-corrected chi connectivity index (χ0v) is 18.7. The largest absolute Gasteiger partial charge is 1.00 e. The van der Waals surface area contributed by atoms with Crippen LogP contribution in [0.3, 0.4) is 0 Å². The molecule has 0 N–H and O–H groups in total. The van der Waals surface area contributed by atoms with Gasteiger partial charge in [-0.15, -0.1) is 0 Å². The van der Waals surface area contributed by atoms with Gasteiger partial charge in [0, 0.05) is 0 Å². The number of aliphatic carboxylic acids is 1. The average molecular weight is 387 g/mol. The molecule has 0 bridgehead atoms. The summed E-state index contributed by atoms with van der Waals surface area (Å²) in [5.74, 6) is -1.17. The van der Waals surface area contributed by atoms with Crippen molar-refractivity contribution in [1.29, 1.82) is 0 Å². The Hall–Kier alpha value is -1.36. The lowest BCUT2D eigenvalue weighted by molar-refractivity contribution is -0.870. The minimum Gasteiger partial charge on any atom is -1.00 e. The third-order valence-corrected chi connectivity index (χ3v) is 3.00. The summed E-state index contributed by atoms with van der Waals surface area (Å²) in [5.41, 5.74) is 0.858. The third-order valence-electron chi connectivity index (χ3n) is 3.00. The summed E-state index contributed by atoms with van der Waals surface area (Å²) in [6.07, 6.45) is 5.07. The monoisotopic (exact) mass is 386 g/mol. The van der Waals surface area contributed by atoms with E-state index in [4.69, 9.17) is 0 Å². The van der Waals surface area contributed by atoms with E-state index in [0.717, 1.165) is 20.6 Å². The molecule has 0 atom stereocenters. The predicted octanol–water partition coefficient (Wildman–Crippen LogP) is -0.341. The lowest BCUT2D eigenvalue weighted by atomic mass is 10.2. The van der Waals surface area contributed by atoms with Gasteiger partial charge in [0.05, 0.1) is 61.3 Å². The molecule has 26 heavy (non-hydrogen) atoms. The van der Waals surface area contributed by atoms with Crippen LogP contribution >= 0.6 is 0 Å². The molecule has 0 saturated heterocycles. The van der Waals surface area contributed by atoms with Crippen molar-refractivity contribution in [2.45, 2.75) is 26.7 Å². The number of nitrogens with zero attached hydrogens (tertiary/aromatic N) is 2. The van der Waals surface area contributed by atoms with E-state index in [1.54, 1.807) is 0 Å². The van der Waals surface area contributed by atoms with Crippen LogP contribution in [0, 0.1) is 0 Å². The number of benzene rings is 1. The van der Waals surface area contributed by atoms with Crippen molar-refractivity contribution in [2.24, 2.45) is 0 Å². The van der Waals surface area contributed by atoms with Crippen LogP contribution in [-0.2, 0) is 4.79 Å². The van der Waals surface area contributed by atoms with Crippen molar-refractivity contribution >= 4 is 12.0 Å². The van der Waals surface area contributed by atoms with Crippen LogP contribution in [0.15, 0.2) is 36.4 Å². The van der Waals surface area contributed by atoms with Crippen LogP contribution in [0.5, 0.6) is 0 Å². The number of carbonyl (C=O) groups is 1. The molecule has 1 rings (SSSR count). The molecule has 1 aromatic carbocycles. The highest BCUT2D eigenvalue weighted by molar-refractivity contribution is 5.83. The molecule has 0 radical (unpaired) electrons. The minimum absolute atomic E-state index is 0. The number of carbonyl (C=O) groups excluding carboxylic acids is 1. The number of carboxylic acids is 1. The van der Waals surface area contributed by atoms with Crippen molar-refractivity contribution in [3.8, 4) is 0 Å². The Balaban J connectivity index is -0.000000314. The highest BCUT2D eigenvalue weighted by Gasteiger charge is 2.01. The number of halogens is 1. The summed E-state index contributed by atoms with van der Waals surface area (Å²) in [6.45, 7) is 6.98. The van der Waals surface area contributed by atoms with Crippen LogP contribution in [0.1, 0.15) is 32.3 Å². The molecule has 0 aliphatic heterocycles. The van der Waals surface area contributed by atoms with Gasteiger partial charge < -0.3 is 31.3 Å². The molecule has 4 nitrogen and oxygen atoms in total. The van der Waals surface area contributed by atoms with Crippen LogP contribution in [0.4, 0.5) is 0 Å². The molecule has 152 valence electrons. The molecule has 0 unspecified atom stereocenters. The summed E-state index contributed by atoms with van der Waals surface area (Å²) >= 11 is 0. The number of hydrogen-bond donors (Lipinski definition) is 0. The van der Waals surface area contributed by atoms with Gasteiger partial charge in [-0.25, -0.2) is 0 Å². The van der Waals surface area contributed by atoms with Gasteiger partial charge in [0.15, 0.2) is 0 Å². The van der Waals surface area contributed by atoms with Crippen molar-refractivity contribution in [3.05, 3.63) is 42.0 Å². The fraction of sp³-hybridized carbons (Fsp3) is 0.571. The zero-order valence-electron chi connectivity index (χ0n) is 18.0. The van der Waals surface area contributed by atoms with Gasteiger partial charge in [-0.2, -0.15) is 0 Å². The zero-order chi connectivity index (χ0) is 19.9. The maximum absolute atomic E-state index is 9.97. The number of rotatable bonds is 6. The van der Waals surface area contributed by atoms with Crippen molar-refractivity contribution in [1.82, 2.24) is 0 Å². The van der Waals surface area contributed by atoms with Gasteiger partial charge in [-0.05, 0) is 24.5 Å². The van der Waals surface area contributed by atoms with Crippen LogP contribution in [0.25, 0.3) is 6.08 Å². The first kappa shape index (κ1) is 29.4. The first-order valence-electron chi connectivity index (χ1n) is 8.96. The van der Waals surface area contributed by atoms with E-state index >= 15 is 0 Å². The standard InChI is InChI=1S/C9H8O2.2C6H16N.ClH/c10-9(11)7-6-8-4-2-1-3-5-8;2*1-5-6-7(2,3)4;/h1-7H,(H,10,11);2*5-6H2,1-4H3;1H/q;2*+1;/p-2. The molecule has 0 aliphatic carbocycles. The Morgan fingerprint density at radius 3 is 1.50 bits per heavy atom. The average Bonchev–Trinajstić information content (AvgIpc) is 2.45. The molecule has 0 amide bonds. The van der Waals surface area contributed by atoms with Crippen LogP contribution in [0.2, 0.25) is 0 Å². The van der Waals surface area contributed by atoms with E-state index in [2.05, 4.69) is 56.1 Å². The Bertz CT molecular complexity index is 459. The highest BCUT2D eigenvalue weighted by Crippen LogP contribution is 1.99. The Morgan fingerprint density at radius 1 is 0.885 bits per heavy atom. The summed E-state index contributed by atoms with van der Waals surface area (Å²) in [5, 5.41) is 9.97. The molecule has 5 heteroatoms. The molecular weight excluding hydrogens is 348 g/mol. The topological polar surface area (TPSA) is 40.1 Å². The second-order valence-electron chi connectivity index (χ2n) is 8.09. The molecule has 0 fully saturated rings. The molecule has 0 heterocycles. The van der Waals surface area contributed by atoms with Gasteiger partial charge in [-0.1, -0.05) is 50.3 Å². The van der Waals surface area contributed by atoms with Gasteiger partial charge in [0.1, 0.15) is 0 Å². The second-order valence-corrected chi connectivity index (χ2v) is 8.09. The SMILES string of the molecule is CCC[N+](C)(C)C.CCC[N+](C)(C)C.O=C([O-])C=Cc1ccccc1.[Cl-]. The molecule has 1 aromatic rings. The van der Waals surface area contributed by atoms with E-state index in [-0.39, 0.29) is 12.4 Å². The quantitative estimate of drug-likeness (QED) is 0.495. The Labute approximate surface area is 167 Å². The number of hydrogen-bond acceptors (Lipinski definition) is 2. The maximum atomic E-state index is 9.97. The Morgan fingerprint density at radius 2 is 1.27 bits per heavy atom. The van der Waals surface area contributed by atoms with E-state index < -0.39 is 5.97 Å². The van der Waals surface area contributed by atoms with E-state index in [1.165, 1.54) is 32.0 Å². The van der Waals surface area contributed by atoms with Gasteiger partial charge >= 0.3 is 0 Å². The normalized spacial score (nSPS) is 10.8. The molecule has 0 aromatic heterocycles. The summed E-state index contributed by atoms with van der Waals surface area (Å²) < 4.78 is 2.19. The lowest BCUT2D eigenvalue weighted by Crippen LogP contribution is -3.00. The first-order chi connectivity index (χ1) is 11.4. The van der Waals surface area contributed by atoms with E-state index in [9.17, 15) is 9.90 Å². The van der Waals surface area contributed by atoms with Crippen LogP contribution < -0.4 is 17.5 Å². The van der Waals surface area contributed by atoms with E-state index in [1.807, 2.05) is 30.3 Å². The smallest absolute Gasteiger partial charge is 0.0777 e. The molecular formula is C21H39ClN2O2. The lowest BCUT2D eigenvalue weighted by Gasteiger charge is -2.22. The maximum Gasteiger partial charge on any atom is 0.0777 e. The second kappa shape index (κ2) is 15.9. The third kappa shape index (κ3) is 27.5. The molecule has 0 spiro atoms. The highest BCUT2D eigenvalue weighted by atomic mass is 35.5. The minimum atomic E-state index is -1.17. The summed E-state index contributed by atoms with van der Waals surface area (Å²) in [4.78, 5) is 9.97.